The van der Waals surface area contributed by atoms with Gasteiger partial charge in [0, 0.05) is 17.6 Å². The van der Waals surface area contributed by atoms with Gasteiger partial charge in [-0.25, -0.2) is 4.98 Å². The van der Waals surface area contributed by atoms with Crippen LogP contribution in [0.15, 0.2) is 36.9 Å². The highest BCUT2D eigenvalue weighted by atomic mass is 35.5. The Morgan fingerprint density at radius 1 is 1.10 bits per heavy atom. The van der Waals surface area contributed by atoms with Crippen molar-refractivity contribution in [2.45, 2.75) is 0 Å². The number of hydrogen-bond acceptors (Lipinski definition) is 6. The van der Waals surface area contributed by atoms with Crippen molar-refractivity contribution in [1.29, 1.82) is 0 Å². The van der Waals surface area contributed by atoms with Crippen molar-refractivity contribution in [3.8, 4) is 17.3 Å². The lowest BCUT2D eigenvalue weighted by Gasteiger charge is -2.06. The molecule has 0 bridgehead atoms. The van der Waals surface area contributed by atoms with E-state index in [9.17, 15) is 0 Å². The summed E-state index contributed by atoms with van der Waals surface area (Å²) in [4.78, 5) is 16.8. The van der Waals surface area contributed by atoms with Crippen molar-refractivity contribution < 1.29 is 0 Å². The third kappa shape index (κ3) is 2.43. The molecule has 2 heterocycles. The van der Waals surface area contributed by atoms with Crippen LogP contribution in [0.5, 0.6) is 0 Å². The first-order chi connectivity index (χ1) is 9.76. The smallest absolute Gasteiger partial charge is 0.257 e. The van der Waals surface area contributed by atoms with E-state index in [2.05, 4.69) is 30.4 Å². The normalized spacial score (nSPS) is 10.5. The summed E-state index contributed by atoms with van der Waals surface area (Å²) in [6, 6.07) is 7.27. The molecule has 8 heteroatoms. The van der Waals surface area contributed by atoms with Gasteiger partial charge in [-0.15, -0.1) is 0 Å². The van der Waals surface area contributed by atoms with Gasteiger partial charge in [-0.3, -0.25) is 0 Å². The summed E-state index contributed by atoms with van der Waals surface area (Å²) in [7, 11) is 1.74. The zero-order valence-electron chi connectivity index (χ0n) is 10.5. The highest BCUT2D eigenvalue weighted by Crippen LogP contribution is 2.19. The Bertz CT molecular complexity index is 709. The van der Waals surface area contributed by atoms with E-state index in [4.69, 9.17) is 11.6 Å². The van der Waals surface area contributed by atoms with Crippen LogP contribution in [-0.4, -0.2) is 36.8 Å². The quantitative estimate of drug-likeness (QED) is 0.791. The lowest BCUT2D eigenvalue weighted by Crippen LogP contribution is -2.08. The monoisotopic (exact) mass is 287 g/mol. The summed E-state index contributed by atoms with van der Waals surface area (Å²) in [5.41, 5.74) is 0.842. The first kappa shape index (κ1) is 12.5. The third-order valence-corrected chi connectivity index (χ3v) is 2.83. The second-order valence-electron chi connectivity index (χ2n) is 3.88. The molecule has 20 heavy (non-hydrogen) atoms. The van der Waals surface area contributed by atoms with Gasteiger partial charge < -0.3 is 5.32 Å². The fraction of sp³-hybridized carbons (Fsp3) is 0.0833. The third-order valence-electron chi connectivity index (χ3n) is 2.57. The van der Waals surface area contributed by atoms with Crippen LogP contribution < -0.4 is 5.32 Å². The maximum Gasteiger partial charge on any atom is 0.257 e. The molecule has 0 aliphatic rings. The predicted octanol–water partition coefficient (Wildman–Crippen LogP) is 1.81. The van der Waals surface area contributed by atoms with E-state index >= 15 is 0 Å². The summed E-state index contributed by atoms with van der Waals surface area (Å²) in [5, 5.41) is 7.58. The molecule has 1 aromatic carbocycles. The molecule has 0 aliphatic carbocycles. The van der Waals surface area contributed by atoms with Crippen molar-refractivity contribution in [3.63, 3.8) is 0 Å². The zero-order chi connectivity index (χ0) is 13.9. The molecule has 0 spiro atoms. The van der Waals surface area contributed by atoms with Gasteiger partial charge in [-0.2, -0.15) is 24.7 Å². The van der Waals surface area contributed by atoms with Gasteiger partial charge in [-0.1, -0.05) is 11.6 Å². The predicted molar refractivity (Wildman–Crippen MR) is 74.7 cm³/mol. The van der Waals surface area contributed by atoms with Crippen LogP contribution >= 0.6 is 11.6 Å². The Kier molecular flexibility index (Phi) is 3.26. The van der Waals surface area contributed by atoms with E-state index in [-0.39, 0.29) is 0 Å². The molecule has 100 valence electrons. The minimum Gasteiger partial charge on any atom is -0.357 e. The van der Waals surface area contributed by atoms with Crippen LogP contribution in [0, 0.1) is 0 Å². The summed E-state index contributed by atoms with van der Waals surface area (Å²) >= 11 is 5.88. The lowest BCUT2D eigenvalue weighted by atomic mass is 10.2. The molecular formula is C12H10ClN7. The van der Waals surface area contributed by atoms with Gasteiger partial charge >= 0.3 is 0 Å². The molecule has 7 nitrogen and oxygen atoms in total. The van der Waals surface area contributed by atoms with E-state index in [1.165, 1.54) is 17.3 Å². The van der Waals surface area contributed by atoms with Crippen molar-refractivity contribution in [2.24, 2.45) is 0 Å². The summed E-state index contributed by atoms with van der Waals surface area (Å²) in [6.07, 6.45) is 2.95. The van der Waals surface area contributed by atoms with Crippen LogP contribution in [-0.2, 0) is 0 Å². The topological polar surface area (TPSA) is 81.4 Å². The van der Waals surface area contributed by atoms with Crippen LogP contribution in [0.4, 0.5) is 5.95 Å². The van der Waals surface area contributed by atoms with Crippen molar-refractivity contribution in [3.05, 3.63) is 41.9 Å². The van der Waals surface area contributed by atoms with E-state index in [1.807, 2.05) is 12.1 Å². The Morgan fingerprint density at radius 2 is 1.90 bits per heavy atom. The molecule has 0 atom stereocenters. The highest BCUT2D eigenvalue weighted by molar-refractivity contribution is 6.30. The minimum atomic E-state index is 0.395. The van der Waals surface area contributed by atoms with Crippen molar-refractivity contribution >= 4 is 17.5 Å². The van der Waals surface area contributed by atoms with Crippen LogP contribution in [0.3, 0.4) is 0 Å². The van der Waals surface area contributed by atoms with E-state index < -0.39 is 0 Å². The fourth-order valence-electron chi connectivity index (χ4n) is 1.62. The second-order valence-corrected chi connectivity index (χ2v) is 4.32. The number of nitrogens with one attached hydrogen (secondary N) is 1. The number of halogens is 1. The number of benzene rings is 1. The molecular weight excluding hydrogens is 278 g/mol. The first-order valence-electron chi connectivity index (χ1n) is 5.81. The minimum absolute atomic E-state index is 0.395. The Labute approximate surface area is 119 Å². The maximum atomic E-state index is 5.88. The van der Waals surface area contributed by atoms with E-state index in [1.54, 1.807) is 19.2 Å². The second kappa shape index (κ2) is 5.22. The summed E-state index contributed by atoms with van der Waals surface area (Å²) in [5.74, 6) is 1.38. The summed E-state index contributed by atoms with van der Waals surface area (Å²) in [6.45, 7) is 0. The van der Waals surface area contributed by atoms with Gasteiger partial charge in [0.2, 0.25) is 5.95 Å². The van der Waals surface area contributed by atoms with Crippen molar-refractivity contribution in [1.82, 2.24) is 29.7 Å². The molecule has 3 rings (SSSR count). The van der Waals surface area contributed by atoms with Crippen LogP contribution in [0.2, 0.25) is 5.02 Å². The van der Waals surface area contributed by atoms with Gasteiger partial charge in [0.15, 0.2) is 5.82 Å². The van der Waals surface area contributed by atoms with Gasteiger partial charge in [-0.05, 0) is 24.3 Å². The fourth-order valence-corrected chi connectivity index (χ4v) is 1.74. The van der Waals surface area contributed by atoms with Gasteiger partial charge in [0.1, 0.15) is 12.7 Å². The van der Waals surface area contributed by atoms with Crippen LogP contribution in [0.1, 0.15) is 0 Å². The average Bonchev–Trinajstić information content (AvgIpc) is 3.02. The van der Waals surface area contributed by atoms with Crippen molar-refractivity contribution in [2.75, 3.05) is 12.4 Å². The average molecular weight is 288 g/mol. The molecule has 2 aromatic heterocycles. The maximum absolute atomic E-state index is 5.88. The Balaban J connectivity index is 2.11. The molecule has 0 aliphatic heterocycles. The number of nitrogens with zero attached hydrogens (tertiary/aromatic N) is 6. The molecule has 0 saturated carbocycles. The molecule has 0 fully saturated rings. The van der Waals surface area contributed by atoms with Gasteiger partial charge in [0.25, 0.3) is 5.95 Å². The zero-order valence-corrected chi connectivity index (χ0v) is 11.3. The van der Waals surface area contributed by atoms with Gasteiger partial charge in [0.05, 0.1) is 0 Å². The largest absolute Gasteiger partial charge is 0.357 e. The highest BCUT2D eigenvalue weighted by Gasteiger charge is 2.09. The molecule has 0 unspecified atom stereocenters. The lowest BCUT2D eigenvalue weighted by molar-refractivity contribution is 0.798. The van der Waals surface area contributed by atoms with E-state index in [0.29, 0.717) is 22.7 Å². The number of hydrogen-bond donors (Lipinski definition) is 1. The summed E-state index contributed by atoms with van der Waals surface area (Å²) < 4.78 is 1.47. The number of anilines is 1. The molecule has 0 radical (unpaired) electrons. The number of rotatable bonds is 3. The molecule has 0 amide bonds. The Morgan fingerprint density at radius 3 is 2.55 bits per heavy atom. The SMILES string of the molecule is CNc1nc(-c2ccc(Cl)cc2)nc(-n2cncn2)n1. The first-order valence-corrected chi connectivity index (χ1v) is 6.19. The Hall–Kier alpha value is -2.54. The standard InChI is InChI=1S/C12H10ClN7/c1-14-11-17-10(8-2-4-9(13)5-3-8)18-12(19-11)20-7-15-6-16-20/h2-7H,1H3,(H,14,17,18,19). The molecule has 0 saturated heterocycles. The molecule has 1 N–H and O–H groups in total. The van der Waals surface area contributed by atoms with Crippen LogP contribution in [0.25, 0.3) is 17.3 Å². The molecule has 3 aromatic rings. The number of aromatic nitrogens is 6. The van der Waals surface area contributed by atoms with E-state index in [0.717, 1.165) is 5.56 Å².